The summed E-state index contributed by atoms with van der Waals surface area (Å²) in [5, 5.41) is 6.22. The van der Waals surface area contributed by atoms with E-state index in [4.69, 9.17) is 5.73 Å². The van der Waals surface area contributed by atoms with Crippen LogP contribution in [0.1, 0.15) is 17.0 Å². The highest BCUT2D eigenvalue weighted by atomic mass is 16.2. The third-order valence-electron chi connectivity index (χ3n) is 2.87. The second kappa shape index (κ2) is 5.58. The molecular weight excluding hydrogens is 236 g/mol. The SMILES string of the molecule is NC(=O)CN1CCCN(C(=O)c2ncn[nH]2)CC1. The van der Waals surface area contributed by atoms with Crippen molar-refractivity contribution in [3.05, 3.63) is 12.2 Å². The summed E-state index contributed by atoms with van der Waals surface area (Å²) >= 11 is 0. The Bertz CT molecular complexity index is 418. The fourth-order valence-electron chi connectivity index (χ4n) is 2.01. The van der Waals surface area contributed by atoms with Crippen molar-refractivity contribution in [2.24, 2.45) is 5.73 Å². The molecule has 2 amide bonds. The number of amides is 2. The number of aromatic amines is 1. The highest BCUT2D eigenvalue weighted by molar-refractivity contribution is 5.90. The van der Waals surface area contributed by atoms with Crippen LogP contribution in [0.2, 0.25) is 0 Å². The number of hydrogen-bond donors (Lipinski definition) is 2. The zero-order valence-electron chi connectivity index (χ0n) is 10.0. The van der Waals surface area contributed by atoms with E-state index >= 15 is 0 Å². The van der Waals surface area contributed by atoms with Crippen molar-refractivity contribution in [1.82, 2.24) is 25.0 Å². The van der Waals surface area contributed by atoms with Crippen LogP contribution in [0.3, 0.4) is 0 Å². The maximum atomic E-state index is 12.0. The molecule has 1 fully saturated rings. The van der Waals surface area contributed by atoms with Gasteiger partial charge in [-0.1, -0.05) is 0 Å². The summed E-state index contributed by atoms with van der Waals surface area (Å²) in [6.07, 6.45) is 2.12. The zero-order valence-corrected chi connectivity index (χ0v) is 10.0. The molecule has 0 aromatic carbocycles. The molecule has 1 saturated heterocycles. The Labute approximate surface area is 104 Å². The molecule has 3 N–H and O–H groups in total. The van der Waals surface area contributed by atoms with Crippen molar-refractivity contribution >= 4 is 11.8 Å². The molecule has 0 radical (unpaired) electrons. The molecule has 1 aliphatic heterocycles. The van der Waals surface area contributed by atoms with Gasteiger partial charge in [0.05, 0.1) is 6.54 Å². The lowest BCUT2D eigenvalue weighted by atomic mass is 10.3. The minimum absolute atomic E-state index is 0.159. The van der Waals surface area contributed by atoms with Gasteiger partial charge in [0.1, 0.15) is 6.33 Å². The van der Waals surface area contributed by atoms with Crippen LogP contribution in [0, 0.1) is 0 Å². The van der Waals surface area contributed by atoms with E-state index in [-0.39, 0.29) is 24.2 Å². The molecule has 2 rings (SSSR count). The Kier molecular flexibility index (Phi) is 3.88. The molecule has 0 saturated carbocycles. The first-order valence-corrected chi connectivity index (χ1v) is 5.82. The van der Waals surface area contributed by atoms with Crippen LogP contribution in [0.15, 0.2) is 6.33 Å². The van der Waals surface area contributed by atoms with Gasteiger partial charge in [-0.05, 0) is 6.42 Å². The quantitative estimate of drug-likeness (QED) is 0.676. The van der Waals surface area contributed by atoms with Gasteiger partial charge in [0, 0.05) is 26.2 Å². The summed E-state index contributed by atoms with van der Waals surface area (Å²) in [7, 11) is 0. The number of hydrogen-bond acceptors (Lipinski definition) is 5. The van der Waals surface area contributed by atoms with Gasteiger partial charge in [-0.2, -0.15) is 5.10 Å². The minimum Gasteiger partial charge on any atom is -0.369 e. The monoisotopic (exact) mass is 252 g/mol. The number of primary amides is 1. The summed E-state index contributed by atoms with van der Waals surface area (Å²) in [6.45, 7) is 2.86. The van der Waals surface area contributed by atoms with E-state index in [9.17, 15) is 9.59 Å². The number of nitrogens with one attached hydrogen (secondary N) is 1. The van der Waals surface area contributed by atoms with Gasteiger partial charge in [-0.15, -0.1) is 0 Å². The molecule has 0 aliphatic carbocycles. The highest BCUT2D eigenvalue weighted by Crippen LogP contribution is 2.05. The summed E-state index contributed by atoms with van der Waals surface area (Å²) in [4.78, 5) is 30.4. The van der Waals surface area contributed by atoms with Crippen molar-refractivity contribution < 1.29 is 9.59 Å². The minimum atomic E-state index is -0.343. The van der Waals surface area contributed by atoms with Gasteiger partial charge < -0.3 is 10.6 Å². The maximum Gasteiger partial charge on any atom is 0.291 e. The van der Waals surface area contributed by atoms with Crippen LogP contribution in [-0.2, 0) is 4.79 Å². The predicted octanol–water partition coefficient (Wildman–Crippen LogP) is -1.56. The topological polar surface area (TPSA) is 108 Å². The molecule has 1 aromatic heterocycles. The van der Waals surface area contributed by atoms with Crippen molar-refractivity contribution in [2.45, 2.75) is 6.42 Å². The normalized spacial score (nSPS) is 17.4. The average Bonchev–Trinajstić information content (AvgIpc) is 2.76. The fraction of sp³-hybridized carbons (Fsp3) is 0.600. The van der Waals surface area contributed by atoms with E-state index in [2.05, 4.69) is 15.2 Å². The molecule has 0 bridgehead atoms. The average molecular weight is 252 g/mol. The molecule has 0 atom stereocenters. The lowest BCUT2D eigenvalue weighted by Crippen LogP contribution is -2.38. The van der Waals surface area contributed by atoms with Gasteiger partial charge in [-0.3, -0.25) is 19.6 Å². The van der Waals surface area contributed by atoms with Crippen molar-refractivity contribution in [3.8, 4) is 0 Å². The molecule has 8 nitrogen and oxygen atoms in total. The summed E-state index contributed by atoms with van der Waals surface area (Å²) < 4.78 is 0. The van der Waals surface area contributed by atoms with Gasteiger partial charge >= 0.3 is 0 Å². The molecule has 8 heteroatoms. The largest absolute Gasteiger partial charge is 0.369 e. The van der Waals surface area contributed by atoms with E-state index in [1.807, 2.05) is 4.90 Å². The molecular formula is C10H16N6O2. The maximum absolute atomic E-state index is 12.0. The first-order valence-electron chi connectivity index (χ1n) is 5.82. The van der Waals surface area contributed by atoms with Gasteiger partial charge in [-0.25, -0.2) is 4.98 Å². The Morgan fingerprint density at radius 2 is 2.17 bits per heavy atom. The standard InChI is InChI=1S/C10H16N6O2/c11-8(17)6-15-2-1-3-16(5-4-15)10(18)9-12-7-13-14-9/h7H,1-6H2,(H2,11,17)(H,12,13,14). The van der Waals surface area contributed by atoms with Gasteiger partial charge in [0.2, 0.25) is 11.7 Å². The molecule has 18 heavy (non-hydrogen) atoms. The molecule has 1 aliphatic rings. The summed E-state index contributed by atoms with van der Waals surface area (Å²) in [5.41, 5.74) is 5.16. The lowest BCUT2D eigenvalue weighted by Gasteiger charge is -2.20. The number of aromatic nitrogens is 3. The van der Waals surface area contributed by atoms with E-state index in [0.29, 0.717) is 19.6 Å². The van der Waals surface area contributed by atoms with Crippen molar-refractivity contribution in [1.29, 1.82) is 0 Å². The number of H-pyrrole nitrogens is 1. The van der Waals surface area contributed by atoms with Crippen molar-refractivity contribution in [2.75, 3.05) is 32.7 Å². The van der Waals surface area contributed by atoms with Crippen LogP contribution >= 0.6 is 0 Å². The van der Waals surface area contributed by atoms with Crippen LogP contribution in [-0.4, -0.2) is 69.5 Å². The number of carbonyl (C=O) groups excluding carboxylic acids is 2. The molecule has 98 valence electrons. The summed E-state index contributed by atoms with van der Waals surface area (Å²) in [6, 6.07) is 0. The fourth-order valence-corrected chi connectivity index (χ4v) is 2.01. The van der Waals surface area contributed by atoms with E-state index in [0.717, 1.165) is 13.0 Å². The number of nitrogens with zero attached hydrogens (tertiary/aromatic N) is 4. The highest BCUT2D eigenvalue weighted by Gasteiger charge is 2.22. The smallest absolute Gasteiger partial charge is 0.291 e. The number of nitrogens with two attached hydrogens (primary N) is 1. The van der Waals surface area contributed by atoms with Crippen LogP contribution < -0.4 is 5.73 Å². The second-order valence-corrected chi connectivity index (χ2v) is 4.22. The van der Waals surface area contributed by atoms with Crippen molar-refractivity contribution in [3.63, 3.8) is 0 Å². The van der Waals surface area contributed by atoms with E-state index in [1.54, 1.807) is 4.90 Å². The van der Waals surface area contributed by atoms with E-state index in [1.165, 1.54) is 6.33 Å². The third kappa shape index (κ3) is 3.04. The summed E-state index contributed by atoms with van der Waals surface area (Å²) in [5.74, 6) is -0.253. The first-order chi connectivity index (χ1) is 8.66. The number of rotatable bonds is 3. The Morgan fingerprint density at radius 1 is 1.33 bits per heavy atom. The van der Waals surface area contributed by atoms with Gasteiger partial charge in [0.25, 0.3) is 5.91 Å². The molecule has 2 heterocycles. The Balaban J connectivity index is 1.93. The molecule has 0 spiro atoms. The van der Waals surface area contributed by atoms with Crippen LogP contribution in [0.4, 0.5) is 0 Å². The predicted molar refractivity (Wildman–Crippen MR) is 62.5 cm³/mol. The lowest BCUT2D eigenvalue weighted by molar-refractivity contribution is -0.119. The number of carbonyl (C=O) groups is 2. The Morgan fingerprint density at radius 3 is 2.83 bits per heavy atom. The van der Waals surface area contributed by atoms with Crippen LogP contribution in [0.5, 0.6) is 0 Å². The first kappa shape index (κ1) is 12.5. The Hall–Kier alpha value is -1.96. The van der Waals surface area contributed by atoms with E-state index < -0.39 is 0 Å². The van der Waals surface area contributed by atoms with Crippen LogP contribution in [0.25, 0.3) is 0 Å². The third-order valence-corrected chi connectivity index (χ3v) is 2.87. The molecule has 1 aromatic rings. The van der Waals surface area contributed by atoms with Gasteiger partial charge in [0.15, 0.2) is 0 Å². The second-order valence-electron chi connectivity index (χ2n) is 4.22. The molecule has 0 unspecified atom stereocenters. The zero-order chi connectivity index (χ0) is 13.0.